The Morgan fingerprint density at radius 1 is 0.590 bits per heavy atom. The molecule has 1 spiro atoms. The smallest absolute Gasteiger partial charge is 0.434 e. The third-order valence-corrected chi connectivity index (χ3v) is 17.4. The Bertz CT molecular complexity index is 2230. The first-order chi connectivity index (χ1) is 37.4. The molecule has 6 aliphatic rings. The summed E-state index contributed by atoms with van der Waals surface area (Å²) in [5.74, 6) is -11.7. The Labute approximate surface area is 469 Å². The Morgan fingerprint density at radius 2 is 1.05 bits per heavy atom. The number of hydrogen-bond acceptors (Lipinski definition) is 15. The summed E-state index contributed by atoms with van der Waals surface area (Å²) in [6.45, 7) is 17.7. The van der Waals surface area contributed by atoms with Gasteiger partial charge in [-0.3, -0.25) is 19.2 Å². The highest BCUT2D eigenvalue weighted by molar-refractivity contribution is 5.84. The van der Waals surface area contributed by atoms with E-state index in [1.54, 1.807) is 27.7 Å². The van der Waals surface area contributed by atoms with Gasteiger partial charge in [0.05, 0.1) is 22.2 Å². The van der Waals surface area contributed by atoms with Crippen LogP contribution in [-0.2, 0) is 61.9 Å². The third kappa shape index (κ3) is 15.8. The van der Waals surface area contributed by atoms with Crippen LogP contribution in [0.1, 0.15) is 172 Å². The highest BCUT2D eigenvalue weighted by Crippen LogP contribution is 2.56. The summed E-state index contributed by atoms with van der Waals surface area (Å²) in [5.41, 5.74) is -11.6. The Morgan fingerprint density at radius 3 is 1.48 bits per heavy atom. The summed E-state index contributed by atoms with van der Waals surface area (Å²) < 4.78 is 239. The molecule has 3 saturated heterocycles. The van der Waals surface area contributed by atoms with Crippen LogP contribution in [0.15, 0.2) is 0 Å². The lowest BCUT2D eigenvalue weighted by molar-refractivity contribution is -0.391. The molecule has 3 heterocycles. The van der Waals surface area contributed by atoms with Gasteiger partial charge in [-0.1, -0.05) is 27.7 Å². The number of halogens is 15. The van der Waals surface area contributed by atoms with Gasteiger partial charge in [-0.15, -0.1) is 0 Å². The summed E-state index contributed by atoms with van der Waals surface area (Å²) in [7, 11) is 0. The van der Waals surface area contributed by atoms with Crippen LogP contribution in [0.5, 0.6) is 0 Å². The van der Waals surface area contributed by atoms with Crippen molar-refractivity contribution >= 4 is 29.8 Å². The molecule has 9 atom stereocenters. The van der Waals surface area contributed by atoms with E-state index in [1.807, 2.05) is 20.8 Å². The first kappa shape index (κ1) is 71.6. The number of ether oxygens (including phenoxy) is 8. The molecule has 6 fully saturated rings. The lowest BCUT2D eigenvalue weighted by atomic mass is 9.66. The van der Waals surface area contributed by atoms with Crippen molar-refractivity contribution in [1.29, 1.82) is 0 Å². The molecule has 3 saturated carbocycles. The highest BCUT2D eigenvalue weighted by Gasteiger charge is 2.75. The number of fused-ring (bicyclic) bond motifs is 3. The Hall–Kier alpha value is -3.90. The Balaban J connectivity index is 0.000000290. The Kier molecular flexibility index (Phi) is 21.6. The van der Waals surface area contributed by atoms with E-state index in [4.69, 9.17) is 33.2 Å². The molecule has 482 valence electrons. The number of carbonyl (C=O) groups excluding carboxylic acids is 5. The maximum atomic E-state index is 13.3. The van der Waals surface area contributed by atoms with Crippen molar-refractivity contribution in [2.75, 3.05) is 0 Å². The largest absolute Gasteiger partial charge is 0.462 e. The molecular formula is C53H75F15O15. The van der Waals surface area contributed by atoms with Crippen molar-refractivity contribution in [3.8, 4) is 0 Å². The average Bonchev–Trinajstić information content (AvgIpc) is 4.37. The maximum Gasteiger partial charge on any atom is 0.434 e. The lowest BCUT2D eigenvalue weighted by Gasteiger charge is -2.47. The van der Waals surface area contributed by atoms with E-state index in [9.17, 15) is 100 Å². The number of rotatable bonds is 14. The highest BCUT2D eigenvalue weighted by atomic mass is 19.4. The molecule has 83 heavy (non-hydrogen) atoms. The molecule has 9 unspecified atom stereocenters. The van der Waals surface area contributed by atoms with Gasteiger partial charge in [-0.2, -0.15) is 65.9 Å². The summed E-state index contributed by atoms with van der Waals surface area (Å²) in [6, 6.07) is 0. The quantitative estimate of drug-likeness (QED) is 0.0945. The molecule has 30 heteroatoms. The van der Waals surface area contributed by atoms with Gasteiger partial charge in [0, 0.05) is 24.7 Å². The number of esters is 5. The van der Waals surface area contributed by atoms with E-state index >= 15 is 0 Å². The van der Waals surface area contributed by atoms with E-state index in [1.165, 1.54) is 26.7 Å². The number of hydrogen-bond donors (Lipinski definition) is 2. The van der Waals surface area contributed by atoms with E-state index in [-0.39, 0.29) is 56.0 Å². The van der Waals surface area contributed by atoms with Crippen LogP contribution >= 0.6 is 0 Å². The zero-order chi connectivity index (χ0) is 63.9. The van der Waals surface area contributed by atoms with E-state index < -0.39 is 163 Å². The molecule has 2 N–H and O–H groups in total. The monoisotopic (exact) mass is 1240 g/mol. The zero-order valence-electron chi connectivity index (χ0n) is 47.8. The maximum absolute atomic E-state index is 13.3. The zero-order valence-corrected chi connectivity index (χ0v) is 47.8. The van der Waals surface area contributed by atoms with Crippen molar-refractivity contribution in [2.24, 2.45) is 34.0 Å². The molecule has 15 nitrogen and oxygen atoms in total. The molecular weight excluding hydrogens is 1160 g/mol. The topological polar surface area (TPSA) is 200 Å². The minimum Gasteiger partial charge on any atom is -0.462 e. The second kappa shape index (κ2) is 25.1. The fourth-order valence-electron chi connectivity index (χ4n) is 10.2. The van der Waals surface area contributed by atoms with Gasteiger partial charge in [0.25, 0.3) is 11.7 Å². The standard InChI is InChI=1S/C22H26F6O9.C18H25F9O4.C13H24O2/c1-4-19(2,3)18(31)34-12-10-11(32-15(12)30)13-16(33-10)37-20(36-13)7-5-9(6-8-20)14(29)35-17(21(23,24)25)22(26,27)28;1-5-13(2,3)12(28)31-11-7-9(14(4,29)16(19,20)21)6-10(8-11)15(30,17(22,23)24)18(25,26)27;1-5-12(3,4)11(14)15-13(6-2)9-7-8-10-13/h9-13,16-17H,4-8H2,1-3H3;9-11,29-30H,5-8H2,1-4H3;5-10H2,1-4H3. The van der Waals surface area contributed by atoms with E-state index in [2.05, 4.69) is 11.7 Å². The molecule has 0 radical (unpaired) electrons. The van der Waals surface area contributed by atoms with Crippen LogP contribution in [-0.4, -0.2) is 136 Å². The lowest BCUT2D eigenvalue weighted by Crippen LogP contribution is -2.64. The summed E-state index contributed by atoms with van der Waals surface area (Å²) >= 11 is 0. The number of aliphatic hydroxyl groups is 2. The van der Waals surface area contributed by atoms with Crippen LogP contribution in [0, 0.1) is 34.0 Å². The molecule has 0 aromatic carbocycles. The van der Waals surface area contributed by atoms with Gasteiger partial charge in [-0.25, -0.2) is 4.79 Å². The third-order valence-electron chi connectivity index (χ3n) is 17.4. The van der Waals surface area contributed by atoms with Crippen LogP contribution < -0.4 is 0 Å². The number of alkyl halides is 15. The second-order valence-electron chi connectivity index (χ2n) is 24.4. The fraction of sp³-hybridized carbons (Fsp3) is 0.906. The molecule has 3 aliphatic heterocycles. The first-order valence-corrected chi connectivity index (χ1v) is 27.3. The van der Waals surface area contributed by atoms with Gasteiger partial charge in [-0.05, 0) is 132 Å². The number of carbonyl (C=O) groups is 5. The predicted molar refractivity (Wildman–Crippen MR) is 255 cm³/mol. The van der Waals surface area contributed by atoms with Crippen LogP contribution in [0.4, 0.5) is 65.9 Å². The molecule has 0 aromatic rings. The van der Waals surface area contributed by atoms with Crippen molar-refractivity contribution in [2.45, 2.75) is 269 Å². The van der Waals surface area contributed by atoms with Gasteiger partial charge in [0.15, 0.2) is 29.9 Å². The summed E-state index contributed by atoms with van der Waals surface area (Å²) in [5, 5.41) is 19.6. The first-order valence-electron chi connectivity index (χ1n) is 27.3. The molecule has 3 aliphatic carbocycles. The minimum absolute atomic E-state index is 0.0197. The summed E-state index contributed by atoms with van der Waals surface area (Å²) in [4.78, 5) is 61.1. The predicted octanol–water partition coefficient (Wildman–Crippen LogP) is 11.9. The van der Waals surface area contributed by atoms with E-state index in [0.29, 0.717) is 6.42 Å². The molecule has 0 aromatic heterocycles. The molecule has 6 rings (SSSR count). The van der Waals surface area contributed by atoms with Gasteiger partial charge in [0.2, 0.25) is 6.10 Å². The fourth-order valence-corrected chi connectivity index (χ4v) is 10.2. The van der Waals surface area contributed by atoms with Crippen LogP contribution in [0.2, 0.25) is 0 Å². The van der Waals surface area contributed by atoms with Gasteiger partial charge < -0.3 is 48.1 Å². The van der Waals surface area contributed by atoms with Crippen molar-refractivity contribution in [3.05, 3.63) is 0 Å². The SMILES string of the molecule is CCC(C)(C)C(=O)OC1C(=O)OC2C3OC4(CCC(C(=O)OC(C(F)(F)F)C(F)(F)F)CC4)OC3OC12.CCC(C)(C)C(=O)OC1CC(C(C)(O)C(F)(F)F)CC(C(O)(C(F)(F)F)C(F)(F)F)C1.CCC1(OC(=O)C(C)(C)CC)CCCC1. The molecule has 0 bridgehead atoms. The average molecular weight is 1240 g/mol. The minimum atomic E-state index is -6.28. The normalized spacial score (nSPS) is 29.5. The van der Waals surface area contributed by atoms with Crippen LogP contribution in [0.25, 0.3) is 0 Å². The van der Waals surface area contributed by atoms with Gasteiger partial charge in [0.1, 0.15) is 17.8 Å². The van der Waals surface area contributed by atoms with Gasteiger partial charge >= 0.3 is 60.7 Å². The van der Waals surface area contributed by atoms with Crippen molar-refractivity contribution < 1.29 is 138 Å². The van der Waals surface area contributed by atoms with Crippen LogP contribution in [0.3, 0.4) is 0 Å². The van der Waals surface area contributed by atoms with E-state index in [0.717, 1.165) is 25.7 Å². The van der Waals surface area contributed by atoms with Crippen molar-refractivity contribution in [3.63, 3.8) is 0 Å². The van der Waals surface area contributed by atoms with Crippen molar-refractivity contribution in [1.82, 2.24) is 0 Å². The summed E-state index contributed by atoms with van der Waals surface area (Å²) in [6.07, 6.45) is -37.8. The molecule has 0 amide bonds. The second-order valence-corrected chi connectivity index (χ2v) is 24.4.